The molecule has 3 nitrogen and oxygen atoms in total. The number of aryl methyl sites for hydroxylation is 1. The zero-order valence-electron chi connectivity index (χ0n) is 12.0. The molecule has 0 saturated carbocycles. The van der Waals surface area contributed by atoms with Crippen LogP contribution < -0.4 is 10.1 Å². The van der Waals surface area contributed by atoms with Gasteiger partial charge in [0.2, 0.25) is 0 Å². The van der Waals surface area contributed by atoms with Crippen LogP contribution in [0.3, 0.4) is 0 Å². The van der Waals surface area contributed by atoms with Crippen molar-refractivity contribution in [3.05, 3.63) is 59.2 Å². The van der Waals surface area contributed by atoms with Crippen molar-refractivity contribution in [3.63, 3.8) is 0 Å². The SMILES string of the molecule is CNC(C)c1ccccc1Oc1cc(C#N)ccc1C. The van der Waals surface area contributed by atoms with Crippen molar-refractivity contribution in [3.8, 4) is 17.6 Å². The minimum atomic E-state index is 0.200. The first-order valence-electron chi connectivity index (χ1n) is 6.60. The Balaban J connectivity index is 2.38. The number of nitrogens with zero attached hydrogens (tertiary/aromatic N) is 1. The maximum Gasteiger partial charge on any atom is 0.132 e. The fourth-order valence-electron chi connectivity index (χ4n) is 1.98. The highest BCUT2D eigenvalue weighted by Crippen LogP contribution is 2.31. The minimum absolute atomic E-state index is 0.200. The summed E-state index contributed by atoms with van der Waals surface area (Å²) in [4.78, 5) is 0. The molecule has 1 atom stereocenters. The minimum Gasteiger partial charge on any atom is -0.457 e. The molecule has 0 heterocycles. The molecule has 0 aliphatic heterocycles. The maximum absolute atomic E-state index is 8.98. The number of ether oxygens (including phenoxy) is 1. The Morgan fingerprint density at radius 2 is 1.90 bits per heavy atom. The second kappa shape index (κ2) is 6.23. The van der Waals surface area contributed by atoms with E-state index in [1.807, 2.05) is 44.3 Å². The molecule has 0 saturated heterocycles. The molecule has 2 aromatic rings. The molecule has 20 heavy (non-hydrogen) atoms. The van der Waals surface area contributed by atoms with E-state index < -0.39 is 0 Å². The van der Waals surface area contributed by atoms with Crippen molar-refractivity contribution in [1.29, 1.82) is 5.26 Å². The number of para-hydroxylation sites is 1. The van der Waals surface area contributed by atoms with Gasteiger partial charge in [0.05, 0.1) is 11.6 Å². The van der Waals surface area contributed by atoms with E-state index in [0.29, 0.717) is 5.56 Å². The van der Waals surface area contributed by atoms with Gasteiger partial charge >= 0.3 is 0 Å². The van der Waals surface area contributed by atoms with Crippen molar-refractivity contribution in [2.75, 3.05) is 7.05 Å². The highest BCUT2D eigenvalue weighted by molar-refractivity contribution is 5.46. The lowest BCUT2D eigenvalue weighted by Gasteiger charge is -2.17. The highest BCUT2D eigenvalue weighted by Gasteiger charge is 2.11. The molecule has 1 unspecified atom stereocenters. The van der Waals surface area contributed by atoms with Crippen LogP contribution >= 0.6 is 0 Å². The van der Waals surface area contributed by atoms with Gasteiger partial charge < -0.3 is 10.1 Å². The number of benzene rings is 2. The molecule has 2 rings (SSSR count). The van der Waals surface area contributed by atoms with E-state index in [4.69, 9.17) is 10.00 Å². The summed E-state index contributed by atoms with van der Waals surface area (Å²) < 4.78 is 6.01. The predicted octanol–water partition coefficient (Wildman–Crippen LogP) is 3.94. The van der Waals surface area contributed by atoms with Gasteiger partial charge in [-0.1, -0.05) is 24.3 Å². The first-order valence-corrected chi connectivity index (χ1v) is 6.60. The Labute approximate surface area is 119 Å². The Morgan fingerprint density at radius 3 is 2.60 bits per heavy atom. The number of nitriles is 1. The second-order valence-corrected chi connectivity index (χ2v) is 4.74. The third-order valence-electron chi connectivity index (χ3n) is 3.36. The Hall–Kier alpha value is -2.31. The first-order chi connectivity index (χ1) is 9.65. The van der Waals surface area contributed by atoms with Crippen LogP contribution in [0, 0.1) is 18.3 Å². The summed E-state index contributed by atoms with van der Waals surface area (Å²) in [6.07, 6.45) is 0. The first kappa shape index (κ1) is 14.1. The monoisotopic (exact) mass is 266 g/mol. The molecule has 0 aliphatic carbocycles. The molecule has 0 aromatic heterocycles. The molecule has 1 N–H and O–H groups in total. The fraction of sp³-hybridized carbons (Fsp3) is 0.235. The average Bonchev–Trinajstić information content (AvgIpc) is 2.49. The van der Waals surface area contributed by atoms with E-state index in [1.165, 1.54) is 0 Å². The van der Waals surface area contributed by atoms with Gasteiger partial charge in [-0.25, -0.2) is 0 Å². The molecule has 0 aliphatic rings. The van der Waals surface area contributed by atoms with Crippen molar-refractivity contribution >= 4 is 0 Å². The van der Waals surface area contributed by atoms with Crippen LogP contribution in [-0.4, -0.2) is 7.05 Å². The molecule has 3 heteroatoms. The van der Waals surface area contributed by atoms with E-state index in [0.717, 1.165) is 22.6 Å². The van der Waals surface area contributed by atoms with E-state index in [9.17, 15) is 0 Å². The van der Waals surface area contributed by atoms with Gasteiger partial charge in [-0.2, -0.15) is 5.26 Å². The third kappa shape index (κ3) is 2.98. The Kier molecular flexibility index (Phi) is 4.39. The number of nitrogens with one attached hydrogen (secondary N) is 1. The summed E-state index contributed by atoms with van der Waals surface area (Å²) in [5.41, 5.74) is 2.71. The predicted molar refractivity (Wildman–Crippen MR) is 79.9 cm³/mol. The quantitative estimate of drug-likeness (QED) is 0.911. The van der Waals surface area contributed by atoms with Gasteiger partial charge in [0.25, 0.3) is 0 Å². The maximum atomic E-state index is 8.98. The standard InChI is InChI=1S/C17H18N2O/c1-12-8-9-14(11-18)10-17(12)20-16-7-5-4-6-15(16)13(2)19-3/h4-10,13,19H,1-3H3. The normalized spacial score (nSPS) is 11.7. The second-order valence-electron chi connectivity index (χ2n) is 4.74. The summed E-state index contributed by atoms with van der Waals surface area (Å²) in [5, 5.41) is 12.2. The van der Waals surface area contributed by atoms with E-state index >= 15 is 0 Å². The van der Waals surface area contributed by atoms with Gasteiger partial charge in [-0.05, 0) is 44.7 Å². The smallest absolute Gasteiger partial charge is 0.132 e. The van der Waals surface area contributed by atoms with Crippen LogP contribution in [0.1, 0.15) is 29.7 Å². The van der Waals surface area contributed by atoms with Crippen molar-refractivity contribution in [1.82, 2.24) is 5.32 Å². The van der Waals surface area contributed by atoms with E-state index in [1.54, 1.807) is 12.1 Å². The Bertz CT molecular complexity index is 644. The summed E-state index contributed by atoms with van der Waals surface area (Å²) in [6, 6.07) is 15.7. The van der Waals surface area contributed by atoms with Gasteiger partial charge in [0, 0.05) is 11.6 Å². The number of rotatable bonds is 4. The van der Waals surface area contributed by atoms with Crippen LogP contribution in [0.25, 0.3) is 0 Å². The molecule has 0 spiro atoms. The summed E-state index contributed by atoms with van der Waals surface area (Å²) in [6.45, 7) is 4.06. The van der Waals surface area contributed by atoms with Crippen LogP contribution in [-0.2, 0) is 0 Å². The zero-order chi connectivity index (χ0) is 14.5. The number of hydrogen-bond acceptors (Lipinski definition) is 3. The van der Waals surface area contributed by atoms with Crippen molar-refractivity contribution in [2.45, 2.75) is 19.9 Å². The van der Waals surface area contributed by atoms with E-state index in [-0.39, 0.29) is 6.04 Å². The van der Waals surface area contributed by atoms with Crippen molar-refractivity contribution in [2.24, 2.45) is 0 Å². The molecular formula is C17H18N2O. The average molecular weight is 266 g/mol. The lowest BCUT2D eigenvalue weighted by Crippen LogP contribution is -2.13. The fourth-order valence-corrected chi connectivity index (χ4v) is 1.98. The van der Waals surface area contributed by atoms with Crippen LogP contribution in [0.2, 0.25) is 0 Å². The van der Waals surface area contributed by atoms with Crippen LogP contribution in [0.4, 0.5) is 0 Å². The molecule has 0 amide bonds. The van der Waals surface area contributed by atoms with Gasteiger partial charge in [-0.3, -0.25) is 0 Å². The van der Waals surface area contributed by atoms with Crippen molar-refractivity contribution < 1.29 is 4.74 Å². The molecule has 0 fully saturated rings. The Morgan fingerprint density at radius 1 is 1.15 bits per heavy atom. The molecule has 2 aromatic carbocycles. The lowest BCUT2D eigenvalue weighted by molar-refractivity contribution is 0.463. The summed E-state index contributed by atoms with van der Waals surface area (Å²) in [5.74, 6) is 1.53. The molecule has 0 radical (unpaired) electrons. The molecular weight excluding hydrogens is 248 g/mol. The van der Waals surface area contributed by atoms with Gasteiger partial charge in [-0.15, -0.1) is 0 Å². The zero-order valence-corrected chi connectivity index (χ0v) is 12.0. The van der Waals surface area contributed by atoms with Gasteiger partial charge in [0.1, 0.15) is 11.5 Å². The number of hydrogen-bond donors (Lipinski definition) is 1. The third-order valence-corrected chi connectivity index (χ3v) is 3.36. The van der Waals surface area contributed by atoms with E-state index in [2.05, 4.69) is 18.3 Å². The largest absolute Gasteiger partial charge is 0.457 e. The van der Waals surface area contributed by atoms with Crippen LogP contribution in [0.5, 0.6) is 11.5 Å². The van der Waals surface area contributed by atoms with Gasteiger partial charge in [0.15, 0.2) is 0 Å². The highest BCUT2D eigenvalue weighted by atomic mass is 16.5. The molecule has 0 bridgehead atoms. The summed E-state index contributed by atoms with van der Waals surface area (Å²) in [7, 11) is 1.92. The summed E-state index contributed by atoms with van der Waals surface area (Å²) >= 11 is 0. The lowest BCUT2D eigenvalue weighted by atomic mass is 10.1. The molecule has 102 valence electrons. The van der Waals surface area contributed by atoms with Crippen LogP contribution in [0.15, 0.2) is 42.5 Å². The topological polar surface area (TPSA) is 45.0 Å².